The van der Waals surface area contributed by atoms with Gasteiger partial charge >= 0.3 is 0 Å². The molecule has 130 valence electrons. The molecule has 1 N–H and O–H groups in total. The van der Waals surface area contributed by atoms with Crippen LogP contribution in [0.3, 0.4) is 0 Å². The van der Waals surface area contributed by atoms with Crippen LogP contribution in [0.5, 0.6) is 5.75 Å². The third-order valence-electron chi connectivity index (χ3n) is 3.72. The van der Waals surface area contributed by atoms with Crippen molar-refractivity contribution < 1.29 is 17.9 Å². The number of benzene rings is 2. The lowest BCUT2D eigenvalue weighted by Gasteiger charge is -2.19. The quantitative estimate of drug-likeness (QED) is 0.795. The Hall–Kier alpha value is -1.89. The highest BCUT2D eigenvalue weighted by Crippen LogP contribution is 2.24. The molecule has 0 heterocycles. The molecule has 2 aromatic rings. The van der Waals surface area contributed by atoms with E-state index in [1.54, 1.807) is 25.3 Å². The first-order valence-corrected chi connectivity index (χ1v) is 9.27. The number of aryl methyl sites for hydroxylation is 1. The fourth-order valence-corrected chi connectivity index (χ4v) is 3.65. The van der Waals surface area contributed by atoms with Crippen LogP contribution in [-0.2, 0) is 14.8 Å². The number of para-hydroxylation sites is 1. The smallest absolute Gasteiger partial charge is 0.244 e. The number of hydrogen-bond donors (Lipinski definition) is 1. The van der Waals surface area contributed by atoms with Crippen molar-refractivity contribution in [1.82, 2.24) is 4.72 Å². The number of sulfonamides is 1. The van der Waals surface area contributed by atoms with Crippen molar-refractivity contribution in [1.29, 1.82) is 0 Å². The lowest BCUT2D eigenvalue weighted by atomic mass is 10.0. The Morgan fingerprint density at radius 2 is 1.75 bits per heavy atom. The summed E-state index contributed by atoms with van der Waals surface area (Å²) in [6.45, 7) is 4.33. The van der Waals surface area contributed by atoms with Crippen LogP contribution >= 0.6 is 0 Å². The Morgan fingerprint density at radius 1 is 1.08 bits per heavy atom. The first-order chi connectivity index (χ1) is 11.5. The summed E-state index contributed by atoms with van der Waals surface area (Å²) < 4.78 is 38.7. The van der Waals surface area contributed by atoms with E-state index >= 15 is 0 Å². The van der Waals surface area contributed by atoms with Crippen LogP contribution in [0, 0.1) is 6.92 Å². The number of rotatable bonds is 8. The number of methoxy groups -OCH3 is 1. The molecule has 1 unspecified atom stereocenters. The van der Waals surface area contributed by atoms with E-state index in [9.17, 15) is 8.42 Å². The molecule has 0 spiro atoms. The number of nitrogens with one attached hydrogen (secondary N) is 1. The van der Waals surface area contributed by atoms with Gasteiger partial charge in [0, 0.05) is 13.7 Å². The Bertz CT molecular complexity index is 774. The normalized spacial score (nSPS) is 12.8. The largest absolute Gasteiger partial charge is 0.492 e. The summed E-state index contributed by atoms with van der Waals surface area (Å²) in [4.78, 5) is 0.131. The first kappa shape index (κ1) is 18.4. The predicted octanol–water partition coefficient (Wildman–Crippen LogP) is 3.06. The van der Waals surface area contributed by atoms with Crippen LogP contribution in [-0.4, -0.2) is 28.7 Å². The van der Waals surface area contributed by atoms with Gasteiger partial charge in [0.2, 0.25) is 10.0 Å². The Labute approximate surface area is 143 Å². The Morgan fingerprint density at radius 3 is 2.42 bits per heavy atom. The van der Waals surface area contributed by atoms with Crippen LogP contribution in [0.1, 0.15) is 24.2 Å². The molecule has 0 saturated carbocycles. The highest BCUT2D eigenvalue weighted by molar-refractivity contribution is 7.89. The van der Waals surface area contributed by atoms with Gasteiger partial charge in [0.05, 0.1) is 12.7 Å². The summed E-state index contributed by atoms with van der Waals surface area (Å²) in [6.07, 6.45) is -0.361. The summed E-state index contributed by atoms with van der Waals surface area (Å²) in [5.41, 5.74) is 2.01. The molecular formula is C18H23NO4S. The van der Waals surface area contributed by atoms with Gasteiger partial charge in [-0.05, 0) is 37.1 Å². The fourth-order valence-electron chi connectivity index (χ4n) is 2.48. The summed E-state index contributed by atoms with van der Waals surface area (Å²) in [5, 5.41) is 0. The second-order valence-electron chi connectivity index (χ2n) is 5.31. The molecule has 5 nitrogen and oxygen atoms in total. The molecule has 2 aromatic carbocycles. The van der Waals surface area contributed by atoms with Gasteiger partial charge in [0.15, 0.2) is 0 Å². The lowest BCUT2D eigenvalue weighted by molar-refractivity contribution is 0.107. The van der Waals surface area contributed by atoms with Crippen molar-refractivity contribution in [2.75, 3.05) is 20.3 Å². The minimum Gasteiger partial charge on any atom is -0.492 e. The van der Waals surface area contributed by atoms with Gasteiger partial charge < -0.3 is 9.47 Å². The Kier molecular flexibility index (Phi) is 6.36. The van der Waals surface area contributed by atoms with Crippen LogP contribution < -0.4 is 9.46 Å². The monoisotopic (exact) mass is 349 g/mol. The van der Waals surface area contributed by atoms with Crippen LogP contribution in [0.4, 0.5) is 0 Å². The number of hydrogen-bond acceptors (Lipinski definition) is 4. The van der Waals surface area contributed by atoms with Crippen molar-refractivity contribution in [3.8, 4) is 5.75 Å². The third-order valence-corrected chi connectivity index (χ3v) is 5.18. The van der Waals surface area contributed by atoms with E-state index in [1.165, 1.54) is 6.07 Å². The maximum Gasteiger partial charge on any atom is 0.244 e. The Balaban J connectivity index is 2.19. The first-order valence-electron chi connectivity index (χ1n) is 7.79. The summed E-state index contributed by atoms with van der Waals surface area (Å²) in [7, 11) is -2.13. The van der Waals surface area contributed by atoms with Gasteiger partial charge in [0.25, 0.3) is 0 Å². The zero-order valence-electron chi connectivity index (χ0n) is 14.2. The molecule has 0 fully saturated rings. The average molecular weight is 349 g/mol. The molecule has 0 saturated heterocycles. The maximum absolute atomic E-state index is 12.6. The fraction of sp³-hybridized carbons (Fsp3) is 0.333. The molecule has 6 heteroatoms. The predicted molar refractivity (Wildman–Crippen MR) is 93.7 cm³/mol. The lowest BCUT2D eigenvalue weighted by Crippen LogP contribution is -2.30. The van der Waals surface area contributed by atoms with Gasteiger partial charge in [0.1, 0.15) is 10.6 Å². The highest BCUT2D eigenvalue weighted by Gasteiger charge is 2.22. The second kappa shape index (κ2) is 8.28. The molecule has 24 heavy (non-hydrogen) atoms. The average Bonchev–Trinajstić information content (AvgIpc) is 2.57. The molecule has 2 rings (SSSR count). The van der Waals surface area contributed by atoms with E-state index in [1.807, 2.05) is 38.1 Å². The van der Waals surface area contributed by atoms with E-state index in [0.29, 0.717) is 12.4 Å². The minimum atomic E-state index is -3.69. The molecule has 0 bridgehead atoms. The minimum absolute atomic E-state index is 0.131. The van der Waals surface area contributed by atoms with Crippen molar-refractivity contribution in [3.63, 3.8) is 0 Å². The van der Waals surface area contributed by atoms with Gasteiger partial charge in [-0.3, -0.25) is 0 Å². The second-order valence-corrected chi connectivity index (χ2v) is 7.05. The standard InChI is InChI=1S/C18H23NO4S/c1-4-23-16-11-7-8-12-18(16)24(20,21)19-13-17(22-3)15-10-6-5-9-14(15)2/h5-12,17,19H,4,13H2,1-3H3. The summed E-state index contributed by atoms with van der Waals surface area (Å²) >= 11 is 0. The van der Waals surface area contributed by atoms with E-state index in [2.05, 4.69) is 4.72 Å². The topological polar surface area (TPSA) is 64.6 Å². The zero-order chi connectivity index (χ0) is 17.6. The van der Waals surface area contributed by atoms with Gasteiger partial charge in [-0.1, -0.05) is 36.4 Å². The maximum atomic E-state index is 12.6. The molecule has 0 aliphatic heterocycles. The SMILES string of the molecule is CCOc1ccccc1S(=O)(=O)NCC(OC)c1ccccc1C. The van der Waals surface area contributed by atoms with Crippen molar-refractivity contribution in [2.24, 2.45) is 0 Å². The molecule has 0 amide bonds. The van der Waals surface area contributed by atoms with Crippen LogP contribution in [0.25, 0.3) is 0 Å². The van der Waals surface area contributed by atoms with Gasteiger partial charge in [-0.2, -0.15) is 0 Å². The van der Waals surface area contributed by atoms with Gasteiger partial charge in [-0.25, -0.2) is 13.1 Å². The molecular weight excluding hydrogens is 326 g/mol. The van der Waals surface area contributed by atoms with Gasteiger partial charge in [-0.15, -0.1) is 0 Å². The molecule has 0 aromatic heterocycles. The zero-order valence-corrected chi connectivity index (χ0v) is 15.0. The highest BCUT2D eigenvalue weighted by atomic mass is 32.2. The van der Waals surface area contributed by atoms with Crippen molar-refractivity contribution in [3.05, 3.63) is 59.7 Å². The molecule has 0 aliphatic carbocycles. The van der Waals surface area contributed by atoms with E-state index in [-0.39, 0.29) is 17.5 Å². The van der Waals surface area contributed by atoms with Crippen molar-refractivity contribution >= 4 is 10.0 Å². The molecule has 0 aliphatic rings. The summed E-state index contributed by atoms with van der Waals surface area (Å²) in [6, 6.07) is 14.4. The third kappa shape index (κ3) is 4.35. The molecule has 0 radical (unpaired) electrons. The van der Waals surface area contributed by atoms with Crippen LogP contribution in [0.2, 0.25) is 0 Å². The number of ether oxygens (including phenoxy) is 2. The van der Waals surface area contributed by atoms with Crippen molar-refractivity contribution in [2.45, 2.75) is 24.8 Å². The van der Waals surface area contributed by atoms with E-state index in [4.69, 9.17) is 9.47 Å². The summed E-state index contributed by atoms with van der Waals surface area (Å²) in [5.74, 6) is 0.345. The van der Waals surface area contributed by atoms with E-state index < -0.39 is 10.0 Å². The van der Waals surface area contributed by atoms with E-state index in [0.717, 1.165) is 11.1 Å². The van der Waals surface area contributed by atoms with Crippen LogP contribution in [0.15, 0.2) is 53.4 Å². The molecule has 1 atom stereocenters.